The van der Waals surface area contributed by atoms with Gasteiger partial charge in [0.1, 0.15) is 0 Å². The van der Waals surface area contributed by atoms with Gasteiger partial charge in [-0.1, -0.05) is 0 Å². The number of hydrogen-bond donors (Lipinski definition) is 0. The zero-order valence-corrected chi connectivity index (χ0v) is 12.7. The molecule has 1 aromatic rings. The molecule has 0 aliphatic heterocycles. The predicted octanol–water partition coefficient (Wildman–Crippen LogP) is 3.99. The van der Waals surface area contributed by atoms with E-state index in [9.17, 15) is 0 Å². The van der Waals surface area contributed by atoms with E-state index >= 15 is 0 Å². The van der Waals surface area contributed by atoms with Gasteiger partial charge in [-0.05, 0) is 0 Å². The molecule has 0 aromatic heterocycles. The predicted molar refractivity (Wildman–Crippen MR) is 71.3 cm³/mol. The Kier molecular flexibility index (Phi) is 3.71. The Labute approximate surface area is 99.4 Å². The Morgan fingerprint density at radius 2 is 1.13 bits per heavy atom. The Morgan fingerprint density at radius 3 is 1.47 bits per heavy atom. The Hall–Kier alpha value is -0.222. The van der Waals surface area contributed by atoms with Crippen LogP contribution in [0.4, 0.5) is 0 Å². The molecule has 0 nitrogen and oxygen atoms in total. The minimum atomic E-state index is -1.05. The van der Waals surface area contributed by atoms with Crippen LogP contribution in [0.3, 0.4) is 0 Å². The zero-order chi connectivity index (χ0) is 11.7. The van der Waals surface area contributed by atoms with Crippen molar-refractivity contribution in [1.82, 2.24) is 0 Å². The number of hydrogen-bond acceptors (Lipinski definition) is 0. The fourth-order valence-electron chi connectivity index (χ4n) is 2.36. The van der Waals surface area contributed by atoms with E-state index in [-0.39, 0.29) is 0 Å². The fourth-order valence-corrected chi connectivity index (χ4v) is 10.8. The van der Waals surface area contributed by atoms with E-state index in [1.807, 2.05) is 0 Å². The van der Waals surface area contributed by atoms with E-state index in [1.54, 1.807) is 4.35 Å². The second-order valence-electron chi connectivity index (χ2n) is 6.01. The van der Waals surface area contributed by atoms with Crippen molar-refractivity contribution in [2.75, 3.05) is 0 Å². The van der Waals surface area contributed by atoms with Crippen molar-refractivity contribution in [3.05, 3.63) is 30.3 Å². The average Bonchev–Trinajstić information content (AvgIpc) is 2.00. The van der Waals surface area contributed by atoms with Crippen LogP contribution in [0.25, 0.3) is 0 Å². The molecule has 0 radical (unpaired) electrons. The van der Waals surface area contributed by atoms with E-state index in [0.717, 1.165) is 0 Å². The van der Waals surface area contributed by atoms with Crippen molar-refractivity contribution in [2.24, 2.45) is 0 Å². The summed E-state index contributed by atoms with van der Waals surface area (Å²) in [6.07, 6.45) is 0. The SMILES string of the molecule is CC(C)(C)[As](c1ccccc1)C(C)(C)C. The van der Waals surface area contributed by atoms with E-state index in [0.29, 0.717) is 8.41 Å². The molecule has 0 heterocycles. The summed E-state index contributed by atoms with van der Waals surface area (Å²) in [5.74, 6) is 0. The zero-order valence-electron chi connectivity index (χ0n) is 10.8. The minimum absolute atomic E-state index is 0.451. The van der Waals surface area contributed by atoms with Crippen molar-refractivity contribution >= 4 is 19.0 Å². The monoisotopic (exact) mass is 266 g/mol. The molecule has 0 N–H and O–H groups in total. The van der Waals surface area contributed by atoms with Crippen LogP contribution in [0.2, 0.25) is 8.41 Å². The normalized spacial score (nSPS) is 13.3. The molecule has 0 amide bonds. The van der Waals surface area contributed by atoms with Gasteiger partial charge >= 0.3 is 99.3 Å². The van der Waals surface area contributed by atoms with Crippen molar-refractivity contribution in [3.63, 3.8) is 0 Å². The molecule has 0 bridgehead atoms. The molecule has 0 fully saturated rings. The van der Waals surface area contributed by atoms with Gasteiger partial charge in [-0.2, -0.15) is 0 Å². The molecule has 1 aromatic carbocycles. The van der Waals surface area contributed by atoms with Gasteiger partial charge in [-0.25, -0.2) is 0 Å². The van der Waals surface area contributed by atoms with Crippen LogP contribution in [0.1, 0.15) is 41.5 Å². The summed E-state index contributed by atoms with van der Waals surface area (Å²) in [7, 11) is 0. The molecule has 0 saturated heterocycles. The third kappa shape index (κ3) is 3.38. The molecule has 0 spiro atoms. The summed E-state index contributed by atoms with van der Waals surface area (Å²) >= 11 is -1.05. The average molecular weight is 266 g/mol. The molecule has 84 valence electrons. The molecule has 1 rings (SSSR count). The standard InChI is InChI=1S/C14H23As/c1-13(2,3)15(14(4,5)6)12-10-8-7-9-11-12/h7-11H,1-6H3. The quantitative estimate of drug-likeness (QED) is 0.674. The van der Waals surface area contributed by atoms with E-state index in [1.165, 1.54) is 0 Å². The molecule has 1 heteroatoms. The summed E-state index contributed by atoms with van der Waals surface area (Å²) < 4.78 is 2.50. The van der Waals surface area contributed by atoms with Gasteiger partial charge in [-0.15, -0.1) is 0 Å². The van der Waals surface area contributed by atoms with Gasteiger partial charge in [-0.3, -0.25) is 0 Å². The fraction of sp³-hybridized carbons (Fsp3) is 0.571. The first-order chi connectivity index (χ1) is 6.73. The van der Waals surface area contributed by atoms with Crippen LogP contribution in [-0.2, 0) is 0 Å². The van der Waals surface area contributed by atoms with Gasteiger partial charge in [0.25, 0.3) is 0 Å². The summed E-state index contributed by atoms with van der Waals surface area (Å²) in [5.41, 5.74) is 0. The molecule has 15 heavy (non-hydrogen) atoms. The van der Waals surface area contributed by atoms with Crippen LogP contribution < -0.4 is 4.35 Å². The molecule has 0 aliphatic rings. The Balaban J connectivity index is 3.15. The maximum absolute atomic E-state index is 2.39. The third-order valence-corrected chi connectivity index (χ3v) is 9.69. The molecule has 0 atom stereocenters. The van der Waals surface area contributed by atoms with E-state index in [2.05, 4.69) is 71.9 Å². The molecule has 0 saturated carbocycles. The Morgan fingerprint density at radius 1 is 0.733 bits per heavy atom. The first kappa shape index (κ1) is 12.8. The van der Waals surface area contributed by atoms with Crippen molar-refractivity contribution in [2.45, 2.75) is 49.9 Å². The molecule has 0 aliphatic carbocycles. The van der Waals surface area contributed by atoms with Gasteiger partial charge in [0.05, 0.1) is 0 Å². The van der Waals surface area contributed by atoms with Crippen LogP contribution in [0, 0.1) is 0 Å². The number of benzene rings is 1. The summed E-state index contributed by atoms with van der Waals surface area (Å²) in [5, 5.41) is 0. The second kappa shape index (κ2) is 4.34. The summed E-state index contributed by atoms with van der Waals surface area (Å²) in [6, 6.07) is 11.1. The third-order valence-electron chi connectivity index (χ3n) is 2.36. The molecular formula is C14H23As. The number of rotatable bonds is 1. The van der Waals surface area contributed by atoms with Crippen LogP contribution in [0.15, 0.2) is 30.3 Å². The topological polar surface area (TPSA) is 0 Å². The van der Waals surface area contributed by atoms with Gasteiger partial charge in [0.2, 0.25) is 0 Å². The van der Waals surface area contributed by atoms with Crippen LogP contribution in [-0.4, -0.2) is 14.7 Å². The van der Waals surface area contributed by atoms with Gasteiger partial charge in [0.15, 0.2) is 0 Å². The Bertz CT molecular complexity index is 286. The van der Waals surface area contributed by atoms with E-state index in [4.69, 9.17) is 0 Å². The molecular weight excluding hydrogens is 243 g/mol. The summed E-state index contributed by atoms with van der Waals surface area (Å²) in [6.45, 7) is 14.4. The van der Waals surface area contributed by atoms with E-state index < -0.39 is 14.7 Å². The van der Waals surface area contributed by atoms with Crippen molar-refractivity contribution in [3.8, 4) is 0 Å². The van der Waals surface area contributed by atoms with Crippen molar-refractivity contribution < 1.29 is 0 Å². The van der Waals surface area contributed by atoms with Crippen LogP contribution >= 0.6 is 0 Å². The second-order valence-corrected chi connectivity index (χ2v) is 14.1. The first-order valence-electron chi connectivity index (χ1n) is 5.58. The first-order valence-corrected chi connectivity index (χ1v) is 8.40. The van der Waals surface area contributed by atoms with Crippen molar-refractivity contribution in [1.29, 1.82) is 0 Å². The summed E-state index contributed by atoms with van der Waals surface area (Å²) in [4.78, 5) is 0. The molecule has 0 unspecified atom stereocenters. The van der Waals surface area contributed by atoms with Crippen LogP contribution in [0.5, 0.6) is 0 Å². The van der Waals surface area contributed by atoms with Gasteiger partial charge < -0.3 is 0 Å². The van der Waals surface area contributed by atoms with Gasteiger partial charge in [0, 0.05) is 0 Å². The maximum atomic E-state index is 2.39.